The Morgan fingerprint density at radius 2 is 2.07 bits per heavy atom. The first-order chi connectivity index (χ1) is 14.3. The summed E-state index contributed by atoms with van der Waals surface area (Å²) < 4.78 is 7.58. The van der Waals surface area contributed by atoms with E-state index in [4.69, 9.17) is 17.0 Å². The van der Waals surface area contributed by atoms with Crippen molar-refractivity contribution in [3.05, 3.63) is 79.4 Å². The highest BCUT2D eigenvalue weighted by Crippen LogP contribution is 2.33. The Morgan fingerprint density at radius 3 is 2.73 bits per heavy atom. The fourth-order valence-electron chi connectivity index (χ4n) is 2.91. The molecule has 1 aliphatic heterocycles. The maximum Gasteiger partial charge on any atom is 0.265 e. The van der Waals surface area contributed by atoms with Crippen molar-refractivity contribution < 1.29 is 14.3 Å². The molecule has 0 radical (unpaired) electrons. The third-order valence-corrected chi connectivity index (χ3v) is 6.01. The third-order valence-electron chi connectivity index (χ3n) is 4.29. The highest BCUT2D eigenvalue weighted by atomic mass is 127. The van der Waals surface area contributed by atoms with Gasteiger partial charge in [0.15, 0.2) is 5.11 Å². The van der Waals surface area contributed by atoms with Gasteiger partial charge in [-0.2, -0.15) is 0 Å². The summed E-state index contributed by atoms with van der Waals surface area (Å²) in [5, 5.41) is 2.62. The van der Waals surface area contributed by atoms with E-state index in [1.165, 1.54) is 10.5 Å². The summed E-state index contributed by atoms with van der Waals surface area (Å²) >= 11 is 10.8. The summed E-state index contributed by atoms with van der Waals surface area (Å²) in [5.74, 6) is -0.265. The van der Waals surface area contributed by atoms with Gasteiger partial charge in [0.2, 0.25) is 0 Å². The average molecular weight is 597 g/mol. The molecule has 8 heteroatoms. The molecule has 2 amide bonds. The van der Waals surface area contributed by atoms with Crippen molar-refractivity contribution in [1.29, 1.82) is 0 Å². The first-order valence-corrected chi connectivity index (χ1v) is 11.3. The van der Waals surface area contributed by atoms with Crippen LogP contribution in [0.4, 0.5) is 0 Å². The number of nitrogens with one attached hydrogen (secondary N) is 1. The Labute approximate surface area is 202 Å². The molecule has 1 aliphatic rings. The zero-order valence-electron chi connectivity index (χ0n) is 16.1. The SMILES string of the molecule is C=CCN1C(=O)/C(=C/c2cc(Br)c(OCc3cccc(C)c3)c(I)c2)C(=O)NC1=S. The number of aryl methyl sites for hydroxylation is 1. The van der Waals surface area contributed by atoms with Gasteiger partial charge in [-0.3, -0.25) is 19.8 Å². The molecule has 0 spiro atoms. The van der Waals surface area contributed by atoms with E-state index in [0.717, 1.165) is 13.6 Å². The minimum atomic E-state index is -0.517. The van der Waals surface area contributed by atoms with E-state index in [0.29, 0.717) is 17.9 Å². The molecule has 2 aromatic rings. The summed E-state index contributed by atoms with van der Waals surface area (Å²) in [7, 11) is 0. The Balaban J connectivity index is 1.85. The molecular weight excluding hydrogens is 579 g/mol. The molecule has 0 aliphatic carbocycles. The van der Waals surface area contributed by atoms with Crippen LogP contribution >= 0.6 is 50.7 Å². The Hall–Kier alpha value is -2.04. The number of nitrogens with zero attached hydrogens (tertiary/aromatic N) is 1. The van der Waals surface area contributed by atoms with Crippen LogP contribution in [0.25, 0.3) is 6.08 Å². The first-order valence-electron chi connectivity index (χ1n) is 8.97. The van der Waals surface area contributed by atoms with Gasteiger partial charge in [0.1, 0.15) is 17.9 Å². The van der Waals surface area contributed by atoms with Crippen molar-refractivity contribution in [2.75, 3.05) is 6.54 Å². The van der Waals surface area contributed by atoms with Crippen molar-refractivity contribution in [3.8, 4) is 5.75 Å². The van der Waals surface area contributed by atoms with Crippen LogP contribution in [0.15, 0.2) is 59.1 Å². The predicted octanol–water partition coefficient (Wildman–Crippen LogP) is 4.75. The number of hydrogen-bond donors (Lipinski definition) is 1. The van der Waals surface area contributed by atoms with Gasteiger partial charge >= 0.3 is 0 Å². The van der Waals surface area contributed by atoms with Crippen LogP contribution in [0.5, 0.6) is 5.75 Å². The second kappa shape index (κ2) is 9.84. The van der Waals surface area contributed by atoms with E-state index < -0.39 is 11.8 Å². The van der Waals surface area contributed by atoms with Gasteiger partial charge in [-0.25, -0.2) is 0 Å². The molecule has 1 heterocycles. The molecule has 5 nitrogen and oxygen atoms in total. The smallest absolute Gasteiger partial charge is 0.265 e. The van der Waals surface area contributed by atoms with E-state index in [1.807, 2.05) is 37.3 Å². The van der Waals surface area contributed by atoms with E-state index >= 15 is 0 Å². The van der Waals surface area contributed by atoms with E-state index in [1.54, 1.807) is 12.2 Å². The number of halogens is 2. The van der Waals surface area contributed by atoms with Gasteiger partial charge in [-0.15, -0.1) is 6.58 Å². The largest absolute Gasteiger partial charge is 0.487 e. The molecule has 3 rings (SSSR count). The summed E-state index contributed by atoms with van der Waals surface area (Å²) in [4.78, 5) is 26.3. The van der Waals surface area contributed by atoms with Crippen LogP contribution in [0.1, 0.15) is 16.7 Å². The standard InChI is InChI=1S/C22H18BrIN2O3S/c1-3-7-26-21(28)16(20(27)25-22(26)30)9-15-10-17(23)19(18(24)11-15)29-12-14-6-4-5-13(2)8-14/h3-6,8-11H,1,7,12H2,2H3,(H,25,27,30)/b16-9+. The lowest BCUT2D eigenvalue weighted by molar-refractivity contribution is -0.128. The van der Waals surface area contributed by atoms with Gasteiger partial charge < -0.3 is 4.74 Å². The lowest BCUT2D eigenvalue weighted by atomic mass is 10.1. The lowest BCUT2D eigenvalue weighted by Gasteiger charge is -2.27. The lowest BCUT2D eigenvalue weighted by Crippen LogP contribution is -2.53. The Kier molecular flexibility index (Phi) is 7.43. The van der Waals surface area contributed by atoms with Gasteiger partial charge in [-0.05, 0) is 87.0 Å². The van der Waals surface area contributed by atoms with Gasteiger partial charge in [0, 0.05) is 6.54 Å². The number of amides is 2. The first kappa shape index (κ1) is 22.6. The van der Waals surface area contributed by atoms with Crippen molar-refractivity contribution in [2.45, 2.75) is 13.5 Å². The van der Waals surface area contributed by atoms with Crippen LogP contribution < -0.4 is 10.1 Å². The van der Waals surface area contributed by atoms with Crippen molar-refractivity contribution >= 4 is 73.7 Å². The van der Waals surface area contributed by atoms with Gasteiger partial charge in [0.05, 0.1) is 8.04 Å². The van der Waals surface area contributed by atoms with Crippen LogP contribution in [0, 0.1) is 10.5 Å². The molecule has 1 saturated heterocycles. The summed E-state index contributed by atoms with van der Waals surface area (Å²) in [6.07, 6.45) is 3.10. The zero-order valence-corrected chi connectivity index (χ0v) is 20.6. The molecule has 0 unspecified atom stereocenters. The highest BCUT2D eigenvalue weighted by molar-refractivity contribution is 14.1. The minimum absolute atomic E-state index is 0.0154. The van der Waals surface area contributed by atoms with E-state index in [-0.39, 0.29) is 17.2 Å². The van der Waals surface area contributed by atoms with E-state index in [2.05, 4.69) is 56.5 Å². The summed E-state index contributed by atoms with van der Waals surface area (Å²) in [5.41, 5.74) is 2.96. The average Bonchev–Trinajstić information content (AvgIpc) is 2.68. The number of ether oxygens (including phenoxy) is 1. The van der Waals surface area contributed by atoms with Crippen molar-refractivity contribution in [1.82, 2.24) is 10.2 Å². The number of rotatable bonds is 6. The number of benzene rings is 2. The number of thiocarbonyl (C=S) groups is 1. The molecule has 2 aromatic carbocycles. The normalized spacial score (nSPS) is 15.4. The molecule has 1 N–H and O–H groups in total. The molecule has 1 fully saturated rings. The van der Waals surface area contributed by atoms with Gasteiger partial charge in [0.25, 0.3) is 11.8 Å². The molecular formula is C22H18BrIN2O3S. The number of carbonyl (C=O) groups excluding carboxylic acids is 2. The molecule has 30 heavy (non-hydrogen) atoms. The van der Waals surface area contributed by atoms with Crippen LogP contribution in [0.2, 0.25) is 0 Å². The molecule has 154 valence electrons. The quantitative estimate of drug-likeness (QED) is 0.172. The fourth-order valence-corrected chi connectivity index (χ4v) is 4.93. The fraction of sp³-hybridized carbons (Fsp3) is 0.136. The number of hydrogen-bond acceptors (Lipinski definition) is 4. The summed E-state index contributed by atoms with van der Waals surface area (Å²) in [6, 6.07) is 11.8. The maximum absolute atomic E-state index is 12.7. The summed E-state index contributed by atoms with van der Waals surface area (Å²) in [6.45, 7) is 6.32. The third kappa shape index (κ3) is 5.16. The van der Waals surface area contributed by atoms with Crippen LogP contribution in [0.3, 0.4) is 0 Å². The Bertz CT molecular complexity index is 1060. The number of carbonyl (C=O) groups is 2. The zero-order chi connectivity index (χ0) is 21.8. The predicted molar refractivity (Wildman–Crippen MR) is 133 cm³/mol. The molecule has 0 bridgehead atoms. The molecule has 0 saturated carbocycles. The maximum atomic E-state index is 12.7. The monoisotopic (exact) mass is 596 g/mol. The van der Waals surface area contributed by atoms with Gasteiger partial charge in [-0.1, -0.05) is 35.9 Å². The Morgan fingerprint density at radius 1 is 1.30 bits per heavy atom. The molecule has 0 atom stereocenters. The second-order valence-electron chi connectivity index (χ2n) is 6.61. The highest BCUT2D eigenvalue weighted by Gasteiger charge is 2.32. The second-order valence-corrected chi connectivity index (χ2v) is 9.02. The van der Waals surface area contributed by atoms with Crippen LogP contribution in [-0.4, -0.2) is 28.4 Å². The molecule has 0 aromatic heterocycles. The van der Waals surface area contributed by atoms with E-state index in [9.17, 15) is 9.59 Å². The topological polar surface area (TPSA) is 58.6 Å². The minimum Gasteiger partial charge on any atom is -0.487 e. The van der Waals surface area contributed by atoms with Crippen molar-refractivity contribution in [3.63, 3.8) is 0 Å². The van der Waals surface area contributed by atoms with Crippen molar-refractivity contribution in [2.24, 2.45) is 0 Å². The van der Waals surface area contributed by atoms with Crippen LogP contribution in [-0.2, 0) is 16.2 Å².